The van der Waals surface area contributed by atoms with Crippen LogP contribution in [0.2, 0.25) is 0 Å². The molecule has 2 unspecified atom stereocenters. The maximum absolute atomic E-state index is 12.3. The molecule has 7 heteroatoms. The molecule has 0 saturated carbocycles. The third-order valence-corrected chi connectivity index (χ3v) is 3.49. The van der Waals surface area contributed by atoms with Crippen molar-refractivity contribution in [3.05, 3.63) is 24.3 Å². The van der Waals surface area contributed by atoms with Gasteiger partial charge in [0, 0.05) is 24.8 Å². The molecule has 1 saturated heterocycles. The molecule has 1 N–H and O–H groups in total. The van der Waals surface area contributed by atoms with Crippen LogP contribution in [-0.2, 0) is 14.3 Å². The minimum Gasteiger partial charge on any atom is -0.484 e. The summed E-state index contributed by atoms with van der Waals surface area (Å²) in [7, 11) is 0. The third-order valence-electron chi connectivity index (χ3n) is 3.49. The zero-order valence-electron chi connectivity index (χ0n) is 14.3. The Balaban J connectivity index is 1.87. The topological polar surface area (TPSA) is 77.1 Å². The number of nitrogens with zero attached hydrogens (tertiary/aromatic N) is 1. The van der Waals surface area contributed by atoms with Gasteiger partial charge >= 0.3 is 6.09 Å². The molecule has 0 aliphatic carbocycles. The maximum Gasteiger partial charge on any atom is 0.411 e. The van der Waals surface area contributed by atoms with Crippen molar-refractivity contribution in [3.8, 4) is 5.75 Å². The fraction of sp³-hybridized carbons (Fsp3) is 0.529. The highest BCUT2D eigenvalue weighted by molar-refractivity contribution is 5.84. The van der Waals surface area contributed by atoms with E-state index < -0.39 is 6.09 Å². The van der Waals surface area contributed by atoms with Crippen molar-refractivity contribution in [3.63, 3.8) is 0 Å². The Morgan fingerprint density at radius 3 is 2.67 bits per heavy atom. The van der Waals surface area contributed by atoms with Crippen LogP contribution in [0, 0.1) is 0 Å². The zero-order chi connectivity index (χ0) is 17.5. The average Bonchev–Trinajstić information content (AvgIpc) is 2.52. The van der Waals surface area contributed by atoms with E-state index in [-0.39, 0.29) is 24.7 Å². The summed E-state index contributed by atoms with van der Waals surface area (Å²) < 4.78 is 16.0. The molecule has 1 fully saturated rings. The normalized spacial score (nSPS) is 20.4. The summed E-state index contributed by atoms with van der Waals surface area (Å²) in [6.07, 6.45) is -0.480. The molecule has 0 spiro atoms. The minimum absolute atomic E-state index is 0.0230. The van der Waals surface area contributed by atoms with Crippen molar-refractivity contribution in [1.82, 2.24) is 4.90 Å². The van der Waals surface area contributed by atoms with Crippen LogP contribution in [0.25, 0.3) is 0 Å². The number of carbonyl (C=O) groups excluding carboxylic acids is 2. The van der Waals surface area contributed by atoms with E-state index in [4.69, 9.17) is 14.2 Å². The first-order chi connectivity index (χ1) is 11.5. The summed E-state index contributed by atoms with van der Waals surface area (Å²) in [5, 5.41) is 2.59. The molecule has 1 aromatic carbocycles. The SMILES string of the molecule is CCOC(=O)Nc1cccc(OCC(=O)N2CC(C)OC(C)C2)c1. The number of hydrogen-bond acceptors (Lipinski definition) is 5. The number of hydrogen-bond donors (Lipinski definition) is 1. The Labute approximate surface area is 141 Å². The van der Waals surface area contributed by atoms with Crippen LogP contribution < -0.4 is 10.1 Å². The molecule has 1 aliphatic heterocycles. The highest BCUT2D eigenvalue weighted by Crippen LogP contribution is 2.18. The molecular formula is C17H24N2O5. The Kier molecular flexibility index (Phi) is 6.43. The highest BCUT2D eigenvalue weighted by Gasteiger charge is 2.25. The molecule has 2 atom stereocenters. The van der Waals surface area contributed by atoms with Crippen molar-refractivity contribution in [2.75, 3.05) is 31.6 Å². The van der Waals surface area contributed by atoms with E-state index >= 15 is 0 Å². The fourth-order valence-electron chi connectivity index (χ4n) is 2.57. The molecule has 0 aromatic heterocycles. The maximum atomic E-state index is 12.3. The summed E-state index contributed by atoms with van der Waals surface area (Å²) in [5.41, 5.74) is 0.548. The van der Waals surface area contributed by atoms with Gasteiger partial charge in [0.05, 0.1) is 18.8 Å². The second-order valence-electron chi connectivity index (χ2n) is 5.72. The van der Waals surface area contributed by atoms with E-state index in [1.807, 2.05) is 13.8 Å². The lowest BCUT2D eigenvalue weighted by molar-refractivity contribution is -0.145. The third kappa shape index (κ3) is 5.42. The van der Waals surface area contributed by atoms with E-state index in [1.165, 1.54) is 0 Å². The lowest BCUT2D eigenvalue weighted by Crippen LogP contribution is -2.49. The highest BCUT2D eigenvalue weighted by atomic mass is 16.5. The van der Waals surface area contributed by atoms with E-state index in [0.29, 0.717) is 31.1 Å². The summed E-state index contributed by atoms with van der Waals surface area (Å²) in [6, 6.07) is 6.83. The van der Waals surface area contributed by atoms with Crippen molar-refractivity contribution in [2.45, 2.75) is 33.0 Å². The molecule has 1 aromatic rings. The Morgan fingerprint density at radius 2 is 2.00 bits per heavy atom. The fourth-order valence-corrected chi connectivity index (χ4v) is 2.57. The smallest absolute Gasteiger partial charge is 0.411 e. The number of amides is 2. The van der Waals surface area contributed by atoms with Crippen LogP contribution in [0.3, 0.4) is 0 Å². The minimum atomic E-state index is -0.526. The van der Waals surface area contributed by atoms with Gasteiger partial charge in [-0.3, -0.25) is 10.1 Å². The largest absolute Gasteiger partial charge is 0.484 e. The predicted molar refractivity (Wildman–Crippen MR) is 89.2 cm³/mol. The van der Waals surface area contributed by atoms with Crippen LogP contribution in [0.1, 0.15) is 20.8 Å². The summed E-state index contributed by atoms with van der Waals surface area (Å²) in [5.74, 6) is 0.424. The quantitative estimate of drug-likeness (QED) is 0.892. The molecule has 2 amide bonds. The second kappa shape index (κ2) is 8.54. The summed E-state index contributed by atoms with van der Waals surface area (Å²) in [4.78, 5) is 25.4. The van der Waals surface area contributed by atoms with Gasteiger partial charge in [0.25, 0.3) is 5.91 Å². The van der Waals surface area contributed by atoms with Crippen LogP contribution in [0.15, 0.2) is 24.3 Å². The average molecular weight is 336 g/mol. The number of ether oxygens (including phenoxy) is 3. The van der Waals surface area contributed by atoms with Gasteiger partial charge in [-0.05, 0) is 32.9 Å². The van der Waals surface area contributed by atoms with Crippen molar-refractivity contribution in [2.24, 2.45) is 0 Å². The van der Waals surface area contributed by atoms with E-state index in [1.54, 1.807) is 36.1 Å². The Hall–Kier alpha value is -2.28. The van der Waals surface area contributed by atoms with Crippen LogP contribution in [-0.4, -0.2) is 55.4 Å². The monoisotopic (exact) mass is 336 g/mol. The van der Waals surface area contributed by atoms with E-state index in [0.717, 1.165) is 0 Å². The molecule has 1 heterocycles. The molecule has 0 radical (unpaired) electrons. The Morgan fingerprint density at radius 1 is 1.29 bits per heavy atom. The first-order valence-electron chi connectivity index (χ1n) is 8.07. The summed E-state index contributed by atoms with van der Waals surface area (Å²) >= 11 is 0. The predicted octanol–water partition coefficient (Wildman–Crippen LogP) is 2.27. The van der Waals surface area contributed by atoms with E-state index in [2.05, 4.69) is 5.32 Å². The van der Waals surface area contributed by atoms with Gasteiger partial charge in [-0.2, -0.15) is 0 Å². The molecule has 132 valence electrons. The standard InChI is InChI=1S/C17H24N2O5/c1-4-22-17(21)18-14-6-5-7-15(8-14)23-11-16(20)19-9-12(2)24-13(3)10-19/h5-8,12-13H,4,9-11H2,1-3H3,(H,18,21). The van der Waals surface area contributed by atoms with Gasteiger partial charge < -0.3 is 19.1 Å². The van der Waals surface area contributed by atoms with Crippen molar-refractivity contribution >= 4 is 17.7 Å². The first-order valence-corrected chi connectivity index (χ1v) is 8.07. The van der Waals surface area contributed by atoms with Gasteiger partial charge in [-0.15, -0.1) is 0 Å². The number of carbonyl (C=O) groups is 2. The van der Waals surface area contributed by atoms with Crippen molar-refractivity contribution in [1.29, 1.82) is 0 Å². The van der Waals surface area contributed by atoms with Crippen LogP contribution in [0.4, 0.5) is 10.5 Å². The van der Waals surface area contributed by atoms with E-state index in [9.17, 15) is 9.59 Å². The first kappa shape index (κ1) is 18.1. The molecule has 1 aliphatic rings. The second-order valence-corrected chi connectivity index (χ2v) is 5.72. The lowest BCUT2D eigenvalue weighted by atomic mass is 10.2. The van der Waals surface area contributed by atoms with Crippen LogP contribution >= 0.6 is 0 Å². The Bertz CT molecular complexity index is 568. The van der Waals surface area contributed by atoms with Crippen LogP contribution in [0.5, 0.6) is 5.75 Å². The number of rotatable bonds is 5. The summed E-state index contributed by atoms with van der Waals surface area (Å²) in [6.45, 7) is 7.00. The number of nitrogens with one attached hydrogen (secondary N) is 1. The molecule has 0 bridgehead atoms. The van der Waals surface area contributed by atoms with Gasteiger partial charge in [-0.1, -0.05) is 6.07 Å². The molecular weight excluding hydrogens is 312 g/mol. The van der Waals surface area contributed by atoms with Gasteiger partial charge in [0.1, 0.15) is 5.75 Å². The van der Waals surface area contributed by atoms with Gasteiger partial charge in [-0.25, -0.2) is 4.79 Å². The lowest BCUT2D eigenvalue weighted by Gasteiger charge is -2.35. The number of morpholine rings is 1. The molecule has 7 nitrogen and oxygen atoms in total. The zero-order valence-corrected chi connectivity index (χ0v) is 14.3. The van der Waals surface area contributed by atoms with Gasteiger partial charge in [0.15, 0.2) is 6.61 Å². The van der Waals surface area contributed by atoms with Gasteiger partial charge in [0.2, 0.25) is 0 Å². The number of benzene rings is 1. The molecule has 2 rings (SSSR count). The molecule has 24 heavy (non-hydrogen) atoms. The van der Waals surface area contributed by atoms with Crippen molar-refractivity contribution < 1.29 is 23.8 Å². The number of anilines is 1.